The standard InChI is InChI=1S/C29H25F4N5O6/c1-27(25(34)40)13-44-23-18(27)10-20(37-22(23)14-4-6-17(30)7-5-14)28(41,29(31,32)33)12-36-24(39)15-8-16-11-35-26(43-3)38-21(16)19(9-15)42-2/h4-11,41H,12-13H2,1-3H3,(H2,34,40)(H,36,39)/t27-,28-/m0/s1. The zero-order valence-corrected chi connectivity index (χ0v) is 23.5. The monoisotopic (exact) mass is 615 g/mol. The Labute approximate surface area is 247 Å². The molecule has 1 aliphatic heterocycles. The predicted octanol–water partition coefficient (Wildman–Crippen LogP) is 3.16. The van der Waals surface area contributed by atoms with E-state index in [0.717, 1.165) is 18.2 Å². The van der Waals surface area contributed by atoms with Gasteiger partial charge in [0.2, 0.25) is 11.5 Å². The molecule has 2 aromatic carbocycles. The van der Waals surface area contributed by atoms with Crippen LogP contribution in [0.5, 0.6) is 17.5 Å². The highest BCUT2D eigenvalue weighted by Crippen LogP contribution is 2.47. The highest BCUT2D eigenvalue weighted by molar-refractivity contribution is 6.00. The van der Waals surface area contributed by atoms with Crippen molar-refractivity contribution in [1.29, 1.82) is 0 Å². The van der Waals surface area contributed by atoms with E-state index >= 15 is 0 Å². The van der Waals surface area contributed by atoms with Gasteiger partial charge in [0, 0.05) is 28.3 Å². The Balaban J connectivity index is 1.57. The number of hydrogen-bond donors (Lipinski definition) is 3. The first kappa shape index (κ1) is 30.4. The first-order valence-corrected chi connectivity index (χ1v) is 12.9. The average Bonchev–Trinajstić information content (AvgIpc) is 3.35. The van der Waals surface area contributed by atoms with Gasteiger partial charge in [-0.2, -0.15) is 18.2 Å². The van der Waals surface area contributed by atoms with Crippen molar-refractivity contribution in [2.24, 2.45) is 5.73 Å². The molecule has 0 radical (unpaired) electrons. The third kappa shape index (κ3) is 5.08. The summed E-state index contributed by atoms with van der Waals surface area (Å²) in [6, 6.07) is 8.13. The number of primary amides is 1. The maximum Gasteiger partial charge on any atom is 0.424 e. The van der Waals surface area contributed by atoms with E-state index in [2.05, 4.69) is 20.3 Å². The summed E-state index contributed by atoms with van der Waals surface area (Å²) >= 11 is 0. The molecule has 2 aromatic heterocycles. The molecule has 4 N–H and O–H groups in total. The summed E-state index contributed by atoms with van der Waals surface area (Å²) in [7, 11) is 2.67. The van der Waals surface area contributed by atoms with Crippen LogP contribution in [0, 0.1) is 5.82 Å². The summed E-state index contributed by atoms with van der Waals surface area (Å²) < 4.78 is 73.6. The number of nitrogens with one attached hydrogen (secondary N) is 1. The number of rotatable bonds is 8. The van der Waals surface area contributed by atoms with Gasteiger partial charge in [-0.05, 0) is 49.4 Å². The Morgan fingerprint density at radius 3 is 2.43 bits per heavy atom. The van der Waals surface area contributed by atoms with E-state index in [4.69, 9.17) is 19.9 Å². The SMILES string of the molecule is COc1ncc2cc(C(=O)NC[C@](O)(c3cc4c(c(-c5ccc(F)cc5)n3)OC[C@]4(C)C(N)=O)C(F)(F)F)cc(OC)c2n1. The third-order valence-electron chi connectivity index (χ3n) is 7.42. The lowest BCUT2D eigenvalue weighted by Crippen LogP contribution is -2.51. The smallest absolute Gasteiger partial charge is 0.424 e. The normalized spacial score (nSPS) is 17.4. The molecule has 4 aromatic rings. The number of halogens is 4. The highest BCUT2D eigenvalue weighted by atomic mass is 19.4. The van der Waals surface area contributed by atoms with Crippen LogP contribution in [0.2, 0.25) is 0 Å². The van der Waals surface area contributed by atoms with E-state index in [1.165, 1.54) is 51.6 Å². The van der Waals surface area contributed by atoms with Crippen LogP contribution in [0.4, 0.5) is 17.6 Å². The Morgan fingerprint density at radius 1 is 1.11 bits per heavy atom. The fourth-order valence-electron chi connectivity index (χ4n) is 4.73. The van der Waals surface area contributed by atoms with E-state index in [0.29, 0.717) is 5.39 Å². The number of carbonyl (C=O) groups excluding carboxylic acids is 2. The van der Waals surface area contributed by atoms with Crippen LogP contribution in [0.1, 0.15) is 28.5 Å². The van der Waals surface area contributed by atoms with Crippen molar-refractivity contribution in [3.05, 3.63) is 71.3 Å². The van der Waals surface area contributed by atoms with Crippen molar-refractivity contribution in [3.8, 4) is 28.8 Å². The summed E-state index contributed by atoms with van der Waals surface area (Å²) in [5, 5.41) is 13.7. The van der Waals surface area contributed by atoms with Gasteiger partial charge < -0.3 is 30.4 Å². The lowest BCUT2D eigenvalue weighted by atomic mass is 9.81. The molecule has 2 amide bonds. The second kappa shape index (κ2) is 10.9. The van der Waals surface area contributed by atoms with Crippen molar-refractivity contribution in [1.82, 2.24) is 20.3 Å². The summed E-state index contributed by atoms with van der Waals surface area (Å²) in [5.41, 5.74) is -0.623. The zero-order valence-electron chi connectivity index (χ0n) is 23.5. The lowest BCUT2D eigenvalue weighted by Gasteiger charge is -2.31. The fourth-order valence-corrected chi connectivity index (χ4v) is 4.73. The van der Waals surface area contributed by atoms with Crippen LogP contribution in [0.15, 0.2) is 48.7 Å². The maximum absolute atomic E-state index is 14.7. The molecule has 0 bridgehead atoms. The Kier molecular flexibility index (Phi) is 7.53. The van der Waals surface area contributed by atoms with Crippen LogP contribution in [0.3, 0.4) is 0 Å². The molecule has 0 saturated heterocycles. The van der Waals surface area contributed by atoms with Gasteiger partial charge in [-0.15, -0.1) is 0 Å². The van der Waals surface area contributed by atoms with Gasteiger partial charge in [0.05, 0.1) is 26.5 Å². The fraction of sp³-hybridized carbons (Fsp3) is 0.276. The molecule has 44 heavy (non-hydrogen) atoms. The zero-order chi connectivity index (χ0) is 32.0. The number of methoxy groups -OCH3 is 2. The summed E-state index contributed by atoms with van der Waals surface area (Å²) in [5.74, 6) is -2.43. The van der Waals surface area contributed by atoms with Gasteiger partial charge in [0.25, 0.3) is 5.91 Å². The molecule has 11 nitrogen and oxygen atoms in total. The second-order valence-corrected chi connectivity index (χ2v) is 10.2. The predicted molar refractivity (Wildman–Crippen MR) is 147 cm³/mol. The maximum atomic E-state index is 14.7. The summed E-state index contributed by atoms with van der Waals surface area (Å²) in [4.78, 5) is 37.7. The number of aromatic nitrogens is 3. The Bertz CT molecular complexity index is 1790. The number of nitrogens with zero attached hydrogens (tertiary/aromatic N) is 3. The van der Waals surface area contributed by atoms with Crippen LogP contribution in [0.25, 0.3) is 22.2 Å². The van der Waals surface area contributed by atoms with E-state index in [1.807, 2.05) is 0 Å². The molecule has 0 aliphatic carbocycles. The number of nitrogens with two attached hydrogens (primary N) is 1. The number of alkyl halides is 3. The van der Waals surface area contributed by atoms with Crippen molar-refractivity contribution in [2.75, 3.05) is 27.4 Å². The Hall–Kier alpha value is -5.05. The molecule has 3 heterocycles. The van der Waals surface area contributed by atoms with Gasteiger partial charge in [-0.25, -0.2) is 14.4 Å². The number of amides is 2. The highest BCUT2D eigenvalue weighted by Gasteiger charge is 2.57. The van der Waals surface area contributed by atoms with Crippen molar-refractivity contribution in [2.45, 2.75) is 24.1 Å². The quantitative estimate of drug-likeness (QED) is 0.253. The minimum absolute atomic E-state index is 0.0305. The molecule has 1 aliphatic rings. The molecule has 230 valence electrons. The minimum atomic E-state index is -5.38. The number of benzene rings is 2. The molecule has 15 heteroatoms. The van der Waals surface area contributed by atoms with E-state index in [9.17, 15) is 32.3 Å². The van der Waals surface area contributed by atoms with E-state index in [1.54, 1.807) is 0 Å². The second-order valence-electron chi connectivity index (χ2n) is 10.2. The molecule has 0 unspecified atom stereocenters. The topological polar surface area (TPSA) is 159 Å². The molecule has 0 saturated carbocycles. The number of carbonyl (C=O) groups is 2. The summed E-state index contributed by atoms with van der Waals surface area (Å²) in [6.45, 7) is -0.310. The van der Waals surface area contributed by atoms with Gasteiger partial charge in [-0.1, -0.05) is 0 Å². The van der Waals surface area contributed by atoms with E-state index in [-0.39, 0.29) is 52.0 Å². The Morgan fingerprint density at radius 2 is 1.82 bits per heavy atom. The molecular weight excluding hydrogens is 590 g/mol. The average molecular weight is 616 g/mol. The third-order valence-corrected chi connectivity index (χ3v) is 7.42. The first-order valence-electron chi connectivity index (χ1n) is 12.9. The molecular formula is C29H25F4N5O6. The van der Waals surface area contributed by atoms with Crippen LogP contribution in [-0.4, -0.2) is 65.4 Å². The van der Waals surface area contributed by atoms with Crippen molar-refractivity contribution >= 4 is 22.7 Å². The van der Waals surface area contributed by atoms with Gasteiger partial charge >= 0.3 is 12.2 Å². The molecule has 2 atom stereocenters. The van der Waals surface area contributed by atoms with Gasteiger partial charge in [0.15, 0.2) is 0 Å². The number of fused-ring (bicyclic) bond motifs is 2. The molecule has 0 spiro atoms. The van der Waals surface area contributed by atoms with Crippen LogP contribution in [-0.2, 0) is 15.8 Å². The largest absolute Gasteiger partial charge is 0.494 e. The van der Waals surface area contributed by atoms with Gasteiger partial charge in [-0.3, -0.25) is 9.59 Å². The van der Waals surface area contributed by atoms with Crippen molar-refractivity contribution in [3.63, 3.8) is 0 Å². The van der Waals surface area contributed by atoms with Crippen molar-refractivity contribution < 1.29 is 46.5 Å². The minimum Gasteiger partial charge on any atom is -0.494 e. The molecule has 5 rings (SSSR count). The summed E-state index contributed by atoms with van der Waals surface area (Å²) in [6.07, 6.45) is -4.04. The van der Waals surface area contributed by atoms with E-state index < -0.39 is 47.1 Å². The van der Waals surface area contributed by atoms with Crippen LogP contribution < -0.4 is 25.3 Å². The number of hydrogen-bond acceptors (Lipinski definition) is 9. The first-order chi connectivity index (χ1) is 20.7. The number of pyridine rings is 1. The van der Waals surface area contributed by atoms with Crippen LogP contribution >= 0.6 is 0 Å². The lowest BCUT2D eigenvalue weighted by molar-refractivity contribution is -0.265. The number of aliphatic hydroxyl groups is 1. The number of ether oxygens (including phenoxy) is 3. The van der Waals surface area contributed by atoms with Gasteiger partial charge in [0.1, 0.15) is 40.5 Å². The molecule has 0 fully saturated rings.